The average molecular weight is 437 g/mol. The summed E-state index contributed by atoms with van der Waals surface area (Å²) in [6.07, 6.45) is 7.43. The van der Waals surface area contributed by atoms with E-state index in [4.69, 9.17) is 0 Å². The molecule has 2 amide bonds. The maximum atomic E-state index is 12.7. The molecule has 0 aliphatic carbocycles. The van der Waals surface area contributed by atoms with E-state index >= 15 is 0 Å². The van der Waals surface area contributed by atoms with E-state index < -0.39 is 0 Å². The number of nitrogens with zero attached hydrogens (tertiary/aromatic N) is 5. The van der Waals surface area contributed by atoms with Crippen molar-refractivity contribution in [1.82, 2.24) is 24.3 Å². The summed E-state index contributed by atoms with van der Waals surface area (Å²) in [7, 11) is 0. The number of amides is 2. The summed E-state index contributed by atoms with van der Waals surface area (Å²) in [5.41, 5.74) is 1.82. The van der Waals surface area contributed by atoms with Gasteiger partial charge >= 0.3 is 0 Å². The van der Waals surface area contributed by atoms with Gasteiger partial charge < -0.3 is 14.8 Å². The lowest BCUT2D eigenvalue weighted by atomic mass is 9.81. The van der Waals surface area contributed by atoms with E-state index in [-0.39, 0.29) is 29.0 Å². The van der Waals surface area contributed by atoms with Crippen molar-refractivity contribution in [2.45, 2.75) is 44.7 Å². The number of fused-ring (bicyclic) bond motifs is 4. The van der Waals surface area contributed by atoms with Crippen LogP contribution in [0.15, 0.2) is 35.5 Å². The van der Waals surface area contributed by atoms with Crippen LogP contribution in [0.1, 0.15) is 48.3 Å². The molecule has 2 fully saturated rings. The lowest BCUT2D eigenvalue weighted by Crippen LogP contribution is -2.53. The first-order chi connectivity index (χ1) is 15.5. The van der Waals surface area contributed by atoms with Crippen molar-refractivity contribution >= 4 is 17.5 Å². The predicted molar refractivity (Wildman–Crippen MR) is 118 cm³/mol. The number of carbonyl (C=O) groups is 2. The topological polar surface area (TPSA) is 100 Å². The van der Waals surface area contributed by atoms with Crippen molar-refractivity contribution < 1.29 is 9.59 Å². The third-order valence-corrected chi connectivity index (χ3v) is 7.09. The summed E-state index contributed by atoms with van der Waals surface area (Å²) in [5.74, 6) is 0.414. The Bertz CT molecular complexity index is 1080. The van der Waals surface area contributed by atoms with E-state index in [2.05, 4.69) is 20.2 Å². The molecule has 2 saturated heterocycles. The second-order valence-electron chi connectivity index (χ2n) is 9.12. The van der Waals surface area contributed by atoms with Gasteiger partial charge in [-0.3, -0.25) is 24.3 Å². The largest absolute Gasteiger partial charge is 0.343 e. The molecule has 32 heavy (non-hydrogen) atoms. The molecule has 9 nitrogen and oxygen atoms in total. The van der Waals surface area contributed by atoms with Gasteiger partial charge in [0.1, 0.15) is 5.69 Å². The van der Waals surface area contributed by atoms with Gasteiger partial charge in [0.05, 0.1) is 11.9 Å². The van der Waals surface area contributed by atoms with E-state index in [1.807, 2.05) is 9.47 Å². The molecule has 0 saturated carbocycles. The standard InChI is InChI=1S/C23H28N6O3/c1-15(30)27-8-4-18(5-9-27)28-12-16-10-17(14-28)22-19(2-3-21(31)29(22)13-16)26-23(32)20-11-24-6-7-25-20/h2-3,6-7,11,16-18H,4-5,8-10,12-14H2,1H3,(H,26,32). The Balaban J connectivity index is 1.38. The zero-order valence-corrected chi connectivity index (χ0v) is 18.2. The molecular formula is C23H28N6O3. The minimum atomic E-state index is -0.328. The van der Waals surface area contributed by atoms with Crippen LogP contribution < -0.4 is 10.9 Å². The maximum Gasteiger partial charge on any atom is 0.275 e. The second kappa shape index (κ2) is 8.46. The summed E-state index contributed by atoms with van der Waals surface area (Å²) in [6.45, 7) is 5.75. The summed E-state index contributed by atoms with van der Waals surface area (Å²) in [6, 6.07) is 3.70. The second-order valence-corrected chi connectivity index (χ2v) is 9.12. The van der Waals surface area contributed by atoms with Crippen molar-refractivity contribution in [3.8, 4) is 0 Å². The zero-order valence-electron chi connectivity index (χ0n) is 18.2. The van der Waals surface area contributed by atoms with Crippen molar-refractivity contribution in [2.75, 3.05) is 31.5 Å². The Morgan fingerprint density at radius 1 is 1.09 bits per heavy atom. The summed E-state index contributed by atoms with van der Waals surface area (Å²) < 4.78 is 1.85. The van der Waals surface area contributed by atoms with Crippen molar-refractivity contribution in [1.29, 1.82) is 0 Å². The van der Waals surface area contributed by atoms with Gasteiger partial charge in [-0.2, -0.15) is 0 Å². The summed E-state index contributed by atoms with van der Waals surface area (Å²) in [5, 5.41) is 2.97. The number of pyridine rings is 1. The molecule has 0 aromatic carbocycles. The number of hydrogen-bond acceptors (Lipinski definition) is 6. The van der Waals surface area contributed by atoms with E-state index in [1.165, 1.54) is 24.7 Å². The van der Waals surface area contributed by atoms with Gasteiger partial charge in [-0.1, -0.05) is 0 Å². The highest BCUT2D eigenvalue weighted by molar-refractivity contribution is 6.03. The van der Waals surface area contributed by atoms with Gasteiger partial charge in [0.2, 0.25) is 5.91 Å². The highest BCUT2D eigenvalue weighted by atomic mass is 16.2. The molecule has 3 aliphatic rings. The molecule has 9 heteroatoms. The fraction of sp³-hybridized carbons (Fsp3) is 0.522. The van der Waals surface area contributed by atoms with E-state index in [0.717, 1.165) is 51.1 Å². The maximum absolute atomic E-state index is 12.7. The molecule has 2 aromatic rings. The Morgan fingerprint density at radius 2 is 1.91 bits per heavy atom. The van der Waals surface area contributed by atoms with Crippen LogP contribution in [0.3, 0.4) is 0 Å². The Morgan fingerprint density at radius 3 is 2.62 bits per heavy atom. The van der Waals surface area contributed by atoms with Gasteiger partial charge in [-0.15, -0.1) is 0 Å². The van der Waals surface area contributed by atoms with Crippen molar-refractivity contribution in [3.63, 3.8) is 0 Å². The van der Waals surface area contributed by atoms with E-state index in [1.54, 1.807) is 13.0 Å². The Kier molecular flexibility index (Phi) is 5.50. The van der Waals surface area contributed by atoms with Crippen molar-refractivity contribution in [3.05, 3.63) is 52.5 Å². The molecular weight excluding hydrogens is 408 g/mol. The van der Waals surface area contributed by atoms with Crippen LogP contribution in [0.25, 0.3) is 0 Å². The average Bonchev–Trinajstić information content (AvgIpc) is 2.81. The van der Waals surface area contributed by atoms with E-state index in [0.29, 0.717) is 24.2 Å². The quantitative estimate of drug-likeness (QED) is 0.779. The predicted octanol–water partition coefficient (Wildman–Crippen LogP) is 1.32. The summed E-state index contributed by atoms with van der Waals surface area (Å²) >= 11 is 0. The number of anilines is 1. The number of aromatic nitrogens is 3. The molecule has 1 N–H and O–H groups in total. The molecule has 168 valence electrons. The molecule has 2 bridgehead atoms. The number of carbonyl (C=O) groups excluding carboxylic acids is 2. The Labute approximate surface area is 186 Å². The smallest absolute Gasteiger partial charge is 0.275 e. The molecule has 5 heterocycles. The van der Waals surface area contributed by atoms with Crippen LogP contribution in [0, 0.1) is 5.92 Å². The van der Waals surface area contributed by atoms with E-state index in [9.17, 15) is 14.4 Å². The van der Waals surface area contributed by atoms with Gasteiger partial charge in [-0.05, 0) is 31.2 Å². The summed E-state index contributed by atoms with van der Waals surface area (Å²) in [4.78, 5) is 49.6. The van der Waals surface area contributed by atoms with Crippen LogP contribution in [-0.4, -0.2) is 68.4 Å². The Hall–Kier alpha value is -3.07. The van der Waals surface area contributed by atoms with Crippen LogP contribution >= 0.6 is 0 Å². The SMILES string of the molecule is CC(=O)N1CCC(N2CC3CC(C2)c2c(NC(=O)c4cnccn4)ccc(=O)n2C3)CC1. The minimum absolute atomic E-state index is 0.0181. The first-order valence-electron chi connectivity index (χ1n) is 11.3. The lowest BCUT2D eigenvalue weighted by Gasteiger charge is -2.47. The van der Waals surface area contributed by atoms with Crippen LogP contribution in [0.5, 0.6) is 0 Å². The first-order valence-corrected chi connectivity index (χ1v) is 11.3. The molecule has 3 aliphatic heterocycles. The number of piperidine rings is 2. The van der Waals surface area contributed by atoms with Crippen LogP contribution in [0.2, 0.25) is 0 Å². The molecule has 0 radical (unpaired) electrons. The molecule has 5 rings (SSSR count). The first kappa shape index (κ1) is 20.8. The van der Waals surface area contributed by atoms with Gasteiger partial charge in [-0.25, -0.2) is 4.98 Å². The third kappa shape index (κ3) is 3.92. The number of rotatable bonds is 3. The molecule has 2 atom stereocenters. The molecule has 2 unspecified atom stereocenters. The van der Waals surface area contributed by atoms with Crippen LogP contribution in [0.4, 0.5) is 5.69 Å². The monoisotopic (exact) mass is 436 g/mol. The number of hydrogen-bond donors (Lipinski definition) is 1. The highest BCUT2D eigenvalue weighted by Gasteiger charge is 2.39. The fourth-order valence-electron chi connectivity index (χ4n) is 5.60. The molecule has 2 aromatic heterocycles. The third-order valence-electron chi connectivity index (χ3n) is 7.09. The fourth-order valence-corrected chi connectivity index (χ4v) is 5.60. The van der Waals surface area contributed by atoms with Gasteiger partial charge in [0, 0.05) is 75.8 Å². The van der Waals surface area contributed by atoms with Gasteiger partial charge in [0.25, 0.3) is 11.5 Å². The lowest BCUT2D eigenvalue weighted by molar-refractivity contribution is -0.130. The zero-order chi connectivity index (χ0) is 22.2. The number of likely N-dealkylation sites (tertiary alicyclic amines) is 2. The highest BCUT2D eigenvalue weighted by Crippen LogP contribution is 2.40. The van der Waals surface area contributed by atoms with Gasteiger partial charge in [0.15, 0.2) is 0 Å². The van der Waals surface area contributed by atoms with Crippen LogP contribution in [-0.2, 0) is 11.3 Å². The minimum Gasteiger partial charge on any atom is -0.343 e. The normalized spacial score (nSPS) is 23.5. The van der Waals surface area contributed by atoms with Crippen molar-refractivity contribution in [2.24, 2.45) is 5.92 Å². The number of nitrogens with one attached hydrogen (secondary N) is 1. The molecule has 0 spiro atoms.